The van der Waals surface area contributed by atoms with Crippen molar-refractivity contribution in [2.45, 2.75) is 29.7 Å². The maximum Gasteiger partial charge on any atom is 0.313 e. The fraction of sp³-hybridized carbons (Fsp3) is 0.400. The van der Waals surface area contributed by atoms with Crippen LogP contribution in [0.25, 0.3) is 0 Å². The first-order valence-corrected chi connectivity index (χ1v) is 12.1. The van der Waals surface area contributed by atoms with E-state index in [0.717, 1.165) is 17.4 Å². The van der Waals surface area contributed by atoms with E-state index < -0.39 is 33.4 Å². The van der Waals surface area contributed by atoms with Crippen molar-refractivity contribution in [3.63, 3.8) is 0 Å². The molecule has 2 aromatic rings. The van der Waals surface area contributed by atoms with Gasteiger partial charge in [-0.2, -0.15) is 4.31 Å². The van der Waals surface area contributed by atoms with Crippen molar-refractivity contribution < 1.29 is 27.1 Å². The summed E-state index contributed by atoms with van der Waals surface area (Å²) in [6, 6.07) is 7.43. The SMILES string of the molecule is Cc1ccc(NC(=O)C(=O)N2CCC3(CC2)OCCN3S(=O)(=O)c2cccs2)cc1F. The standard InChI is InChI=1S/C20H22FN3O5S2/c1-14-4-5-15(13-16(14)21)22-18(25)19(26)23-8-6-20(7-9-23)24(10-11-29-20)31(27,28)17-3-2-12-30-17/h2-5,12-13H,6-11H2,1H3,(H,22,25). The fourth-order valence-electron chi connectivity index (χ4n) is 3.90. The number of benzene rings is 1. The number of carbonyl (C=O) groups is 2. The minimum atomic E-state index is -3.70. The third kappa shape index (κ3) is 4.10. The molecule has 2 amide bonds. The molecule has 4 rings (SSSR count). The lowest BCUT2D eigenvalue weighted by Gasteiger charge is -2.42. The number of ether oxygens (including phenoxy) is 1. The molecule has 1 N–H and O–H groups in total. The molecule has 8 nitrogen and oxygen atoms in total. The average Bonchev–Trinajstić information content (AvgIpc) is 3.42. The van der Waals surface area contributed by atoms with E-state index >= 15 is 0 Å². The molecule has 2 aliphatic heterocycles. The summed E-state index contributed by atoms with van der Waals surface area (Å²) >= 11 is 1.15. The van der Waals surface area contributed by atoms with E-state index in [2.05, 4.69) is 5.32 Å². The van der Waals surface area contributed by atoms with Gasteiger partial charge in [-0.1, -0.05) is 12.1 Å². The van der Waals surface area contributed by atoms with Crippen LogP contribution in [0.1, 0.15) is 18.4 Å². The first-order chi connectivity index (χ1) is 14.7. The summed E-state index contributed by atoms with van der Waals surface area (Å²) in [5.41, 5.74) is -0.387. The van der Waals surface area contributed by atoms with E-state index in [9.17, 15) is 22.4 Å². The smallest absolute Gasteiger partial charge is 0.313 e. The molecule has 2 fully saturated rings. The van der Waals surface area contributed by atoms with E-state index in [4.69, 9.17) is 4.74 Å². The lowest BCUT2D eigenvalue weighted by Crippen LogP contribution is -2.56. The highest BCUT2D eigenvalue weighted by molar-refractivity contribution is 7.91. The molecule has 0 bridgehead atoms. The molecule has 3 heterocycles. The largest absolute Gasteiger partial charge is 0.358 e. The summed E-state index contributed by atoms with van der Waals surface area (Å²) in [4.78, 5) is 26.3. The van der Waals surface area contributed by atoms with Gasteiger partial charge in [-0.3, -0.25) is 9.59 Å². The molecule has 11 heteroatoms. The predicted octanol–water partition coefficient (Wildman–Crippen LogP) is 2.17. The van der Waals surface area contributed by atoms with Crippen LogP contribution in [0.15, 0.2) is 39.9 Å². The van der Waals surface area contributed by atoms with E-state index in [0.29, 0.717) is 5.56 Å². The summed E-state index contributed by atoms with van der Waals surface area (Å²) in [6.07, 6.45) is 0.519. The molecule has 0 unspecified atom stereocenters. The first kappa shape index (κ1) is 21.9. The van der Waals surface area contributed by atoms with Gasteiger partial charge in [0.05, 0.1) is 6.61 Å². The number of piperidine rings is 1. The molecule has 0 aliphatic carbocycles. The van der Waals surface area contributed by atoms with Gasteiger partial charge in [0.25, 0.3) is 10.0 Å². The summed E-state index contributed by atoms with van der Waals surface area (Å²) in [6.45, 7) is 2.46. The van der Waals surface area contributed by atoms with Crippen molar-refractivity contribution >= 4 is 38.9 Å². The Kier molecular flexibility index (Phi) is 5.86. The van der Waals surface area contributed by atoms with Gasteiger partial charge in [0.2, 0.25) is 0 Å². The molecule has 1 aromatic heterocycles. The van der Waals surface area contributed by atoms with Gasteiger partial charge in [0, 0.05) is 38.2 Å². The molecular formula is C20H22FN3O5S2. The summed E-state index contributed by atoms with van der Waals surface area (Å²) in [5, 5.41) is 4.12. The Morgan fingerprint density at radius 3 is 2.58 bits per heavy atom. The minimum absolute atomic E-state index is 0.172. The zero-order chi connectivity index (χ0) is 22.2. The molecule has 0 saturated carbocycles. The van der Waals surface area contributed by atoms with Gasteiger partial charge in [-0.15, -0.1) is 11.3 Å². The van der Waals surface area contributed by atoms with Crippen molar-refractivity contribution in [2.75, 3.05) is 31.6 Å². The Bertz CT molecular complexity index is 1100. The number of sulfonamides is 1. The highest BCUT2D eigenvalue weighted by Crippen LogP contribution is 2.39. The predicted molar refractivity (Wildman–Crippen MR) is 112 cm³/mol. The third-order valence-corrected chi connectivity index (χ3v) is 8.94. The number of carbonyl (C=O) groups excluding carboxylic acids is 2. The number of thiophene rings is 1. The van der Waals surface area contributed by atoms with Crippen LogP contribution in [-0.4, -0.2) is 61.4 Å². The minimum Gasteiger partial charge on any atom is -0.358 e. The monoisotopic (exact) mass is 467 g/mol. The lowest BCUT2D eigenvalue weighted by atomic mass is 10.0. The number of nitrogens with one attached hydrogen (secondary N) is 1. The van der Waals surface area contributed by atoms with E-state index in [1.165, 1.54) is 21.3 Å². The summed E-state index contributed by atoms with van der Waals surface area (Å²) in [7, 11) is -3.70. The zero-order valence-electron chi connectivity index (χ0n) is 16.8. The van der Waals surface area contributed by atoms with Gasteiger partial charge in [-0.25, -0.2) is 12.8 Å². The number of hydrogen-bond acceptors (Lipinski definition) is 6. The van der Waals surface area contributed by atoms with Crippen LogP contribution < -0.4 is 5.32 Å². The lowest BCUT2D eigenvalue weighted by molar-refractivity contribution is -0.148. The molecule has 1 spiro atoms. The molecule has 0 atom stereocenters. The van der Waals surface area contributed by atoms with Crippen LogP contribution >= 0.6 is 11.3 Å². The fourth-order valence-corrected chi connectivity index (χ4v) is 6.73. The van der Waals surface area contributed by atoms with Crippen molar-refractivity contribution in [1.82, 2.24) is 9.21 Å². The Balaban J connectivity index is 1.42. The zero-order valence-corrected chi connectivity index (χ0v) is 18.5. The molecular weight excluding hydrogens is 445 g/mol. The van der Waals surface area contributed by atoms with Crippen LogP contribution in [0, 0.1) is 12.7 Å². The van der Waals surface area contributed by atoms with Crippen LogP contribution in [-0.2, 0) is 24.3 Å². The molecule has 1 aromatic carbocycles. The van der Waals surface area contributed by atoms with Crippen LogP contribution in [0.2, 0.25) is 0 Å². The Labute approximate surface area is 183 Å². The topological polar surface area (TPSA) is 96.0 Å². The second-order valence-corrected chi connectivity index (χ2v) is 10.6. The number of rotatable bonds is 3. The average molecular weight is 468 g/mol. The molecule has 0 radical (unpaired) electrons. The van der Waals surface area contributed by atoms with Gasteiger partial charge >= 0.3 is 11.8 Å². The van der Waals surface area contributed by atoms with Gasteiger partial charge in [0.15, 0.2) is 0 Å². The molecule has 166 valence electrons. The first-order valence-electron chi connectivity index (χ1n) is 9.80. The van der Waals surface area contributed by atoms with Crippen LogP contribution in [0.4, 0.5) is 10.1 Å². The number of likely N-dealkylation sites (tertiary alicyclic amines) is 1. The number of anilines is 1. The summed E-state index contributed by atoms with van der Waals surface area (Å²) < 4.78 is 47.2. The molecule has 31 heavy (non-hydrogen) atoms. The van der Waals surface area contributed by atoms with Crippen molar-refractivity contribution in [3.8, 4) is 0 Å². The second-order valence-electron chi connectivity index (χ2n) is 7.51. The molecule has 2 saturated heterocycles. The number of hydrogen-bond donors (Lipinski definition) is 1. The van der Waals surface area contributed by atoms with Gasteiger partial charge in [0.1, 0.15) is 15.8 Å². The van der Waals surface area contributed by atoms with E-state index in [-0.39, 0.29) is 49.0 Å². The maximum absolute atomic E-state index is 13.7. The Morgan fingerprint density at radius 1 is 1.19 bits per heavy atom. The van der Waals surface area contributed by atoms with Gasteiger partial charge in [-0.05, 0) is 36.1 Å². The van der Waals surface area contributed by atoms with Gasteiger partial charge < -0.3 is 15.0 Å². The Morgan fingerprint density at radius 2 is 1.94 bits per heavy atom. The highest BCUT2D eigenvalue weighted by Gasteiger charge is 2.51. The second kappa shape index (κ2) is 8.30. The number of amides is 2. The molecule has 2 aliphatic rings. The third-order valence-electron chi connectivity index (χ3n) is 5.61. The maximum atomic E-state index is 13.7. The van der Waals surface area contributed by atoms with E-state index in [1.807, 2.05) is 0 Å². The van der Waals surface area contributed by atoms with Crippen LogP contribution in [0.5, 0.6) is 0 Å². The van der Waals surface area contributed by atoms with Crippen LogP contribution in [0.3, 0.4) is 0 Å². The number of aryl methyl sites for hydroxylation is 1. The summed E-state index contributed by atoms with van der Waals surface area (Å²) in [5.74, 6) is -2.09. The normalized spacial score (nSPS) is 19.0. The van der Waals surface area contributed by atoms with E-state index in [1.54, 1.807) is 24.4 Å². The van der Waals surface area contributed by atoms with Crippen molar-refractivity contribution in [3.05, 3.63) is 47.1 Å². The van der Waals surface area contributed by atoms with Crippen molar-refractivity contribution in [1.29, 1.82) is 0 Å². The van der Waals surface area contributed by atoms with Crippen molar-refractivity contribution in [2.24, 2.45) is 0 Å². The number of nitrogens with zero attached hydrogens (tertiary/aromatic N) is 2. The Hall–Kier alpha value is -2.34. The highest BCUT2D eigenvalue weighted by atomic mass is 32.2. The quantitative estimate of drug-likeness (QED) is 0.698. The number of halogens is 1.